The Morgan fingerprint density at radius 2 is 1.90 bits per heavy atom. The Kier molecular flexibility index (Phi) is 2.54. The zero-order valence-corrected chi connectivity index (χ0v) is 11.4. The maximum absolute atomic E-state index is 12.6. The Morgan fingerprint density at radius 1 is 1.14 bits per heavy atom. The van der Waals surface area contributed by atoms with Gasteiger partial charge in [-0.15, -0.1) is 0 Å². The molecule has 0 amide bonds. The number of hydrogen-bond acceptors (Lipinski definition) is 4. The van der Waals surface area contributed by atoms with Crippen molar-refractivity contribution in [3.8, 4) is 23.0 Å². The summed E-state index contributed by atoms with van der Waals surface area (Å²) in [6.45, 7) is 2.80. The van der Waals surface area contributed by atoms with Crippen LogP contribution in [0.4, 0.5) is 0 Å². The summed E-state index contributed by atoms with van der Waals surface area (Å²) in [5, 5.41) is 0.590. The van der Waals surface area contributed by atoms with Gasteiger partial charge in [-0.25, -0.2) is 0 Å². The van der Waals surface area contributed by atoms with Gasteiger partial charge in [-0.3, -0.25) is 4.79 Å². The molecule has 1 aromatic carbocycles. The quantitative estimate of drug-likeness (QED) is 0.746. The van der Waals surface area contributed by atoms with Crippen molar-refractivity contribution in [2.75, 3.05) is 13.2 Å². The highest BCUT2D eigenvalue weighted by atomic mass is 16.6. The molecule has 3 heterocycles. The first kappa shape index (κ1) is 12.1. The van der Waals surface area contributed by atoms with Crippen molar-refractivity contribution >= 4 is 10.9 Å². The minimum absolute atomic E-state index is 0.0351. The summed E-state index contributed by atoms with van der Waals surface area (Å²) >= 11 is 0. The Labute approximate surface area is 120 Å². The molecule has 0 spiro atoms. The van der Waals surface area contributed by atoms with Gasteiger partial charge in [-0.05, 0) is 25.1 Å². The highest BCUT2D eigenvalue weighted by Crippen LogP contribution is 2.34. The van der Waals surface area contributed by atoms with Crippen molar-refractivity contribution < 1.29 is 13.9 Å². The number of benzene rings is 1. The fourth-order valence-electron chi connectivity index (χ4n) is 2.59. The molecule has 106 valence electrons. The third-order valence-electron chi connectivity index (χ3n) is 3.67. The standard InChI is InChI=1S/C16H13NO4/c1-9-15(12-3-2-4-19-12)17-11-8-14-13(20-5-6-21-14)7-10(11)16(9)18/h2-4,7-8H,5-6H2,1H3,(H,17,18). The number of furan rings is 1. The number of fused-ring (bicyclic) bond motifs is 2. The number of nitrogens with one attached hydrogen (secondary N) is 1. The molecular weight excluding hydrogens is 270 g/mol. The smallest absolute Gasteiger partial charge is 0.193 e. The first-order valence-corrected chi connectivity index (χ1v) is 6.74. The molecule has 21 heavy (non-hydrogen) atoms. The van der Waals surface area contributed by atoms with Gasteiger partial charge in [0.1, 0.15) is 19.0 Å². The number of hydrogen-bond donors (Lipinski definition) is 1. The van der Waals surface area contributed by atoms with E-state index in [9.17, 15) is 4.79 Å². The van der Waals surface area contributed by atoms with E-state index in [0.29, 0.717) is 52.6 Å². The lowest BCUT2D eigenvalue weighted by Crippen LogP contribution is -2.16. The molecule has 0 unspecified atom stereocenters. The first-order valence-electron chi connectivity index (χ1n) is 6.74. The van der Waals surface area contributed by atoms with Crippen LogP contribution in [0.3, 0.4) is 0 Å². The van der Waals surface area contributed by atoms with Gasteiger partial charge in [0.15, 0.2) is 16.9 Å². The zero-order valence-electron chi connectivity index (χ0n) is 11.4. The van der Waals surface area contributed by atoms with Gasteiger partial charge in [-0.2, -0.15) is 0 Å². The molecule has 1 aliphatic rings. The molecule has 4 rings (SSSR count). The fraction of sp³-hybridized carbons (Fsp3) is 0.188. The van der Waals surface area contributed by atoms with E-state index in [4.69, 9.17) is 13.9 Å². The van der Waals surface area contributed by atoms with E-state index >= 15 is 0 Å². The van der Waals surface area contributed by atoms with Gasteiger partial charge in [0.2, 0.25) is 0 Å². The third kappa shape index (κ3) is 1.81. The van der Waals surface area contributed by atoms with Crippen molar-refractivity contribution in [2.45, 2.75) is 6.92 Å². The summed E-state index contributed by atoms with van der Waals surface area (Å²) in [6.07, 6.45) is 1.58. The molecule has 0 saturated heterocycles. The van der Waals surface area contributed by atoms with Crippen LogP contribution < -0.4 is 14.9 Å². The van der Waals surface area contributed by atoms with E-state index in [1.165, 1.54) is 0 Å². The van der Waals surface area contributed by atoms with Crippen molar-refractivity contribution in [1.82, 2.24) is 4.98 Å². The van der Waals surface area contributed by atoms with Crippen LogP contribution >= 0.6 is 0 Å². The average Bonchev–Trinajstić information content (AvgIpc) is 3.03. The summed E-state index contributed by atoms with van der Waals surface area (Å²) in [5.41, 5.74) is 1.98. The molecule has 0 fully saturated rings. The second-order valence-corrected chi connectivity index (χ2v) is 4.97. The maximum atomic E-state index is 12.6. The second-order valence-electron chi connectivity index (χ2n) is 4.97. The number of H-pyrrole nitrogens is 1. The molecule has 1 N–H and O–H groups in total. The molecule has 0 radical (unpaired) electrons. The molecule has 0 bridgehead atoms. The van der Waals surface area contributed by atoms with Gasteiger partial charge in [0.25, 0.3) is 0 Å². The molecule has 0 saturated carbocycles. The van der Waals surface area contributed by atoms with Crippen molar-refractivity contribution in [3.05, 3.63) is 46.3 Å². The van der Waals surface area contributed by atoms with Crippen LogP contribution in [-0.2, 0) is 0 Å². The second kappa shape index (κ2) is 4.41. The van der Waals surface area contributed by atoms with Crippen LogP contribution in [0, 0.1) is 6.92 Å². The number of aromatic amines is 1. The maximum Gasteiger partial charge on any atom is 0.193 e. The monoisotopic (exact) mass is 283 g/mol. The molecule has 0 aliphatic carbocycles. The fourth-order valence-corrected chi connectivity index (χ4v) is 2.59. The van der Waals surface area contributed by atoms with E-state index < -0.39 is 0 Å². The summed E-state index contributed by atoms with van der Waals surface area (Å²) in [7, 11) is 0. The first-order chi connectivity index (χ1) is 10.2. The lowest BCUT2D eigenvalue weighted by Gasteiger charge is -2.19. The van der Waals surface area contributed by atoms with Crippen LogP contribution in [0.25, 0.3) is 22.4 Å². The number of ether oxygens (including phenoxy) is 2. The Hall–Kier alpha value is -2.69. The Morgan fingerprint density at radius 3 is 2.62 bits per heavy atom. The van der Waals surface area contributed by atoms with Gasteiger partial charge in [0, 0.05) is 17.0 Å². The van der Waals surface area contributed by atoms with E-state index in [1.807, 2.05) is 6.07 Å². The van der Waals surface area contributed by atoms with Crippen molar-refractivity contribution in [3.63, 3.8) is 0 Å². The van der Waals surface area contributed by atoms with Crippen LogP contribution in [0.1, 0.15) is 5.56 Å². The summed E-state index contributed by atoms with van der Waals surface area (Å²) in [5.74, 6) is 1.91. The van der Waals surface area contributed by atoms with Crippen molar-refractivity contribution in [1.29, 1.82) is 0 Å². The summed E-state index contributed by atoms with van der Waals surface area (Å²) < 4.78 is 16.5. The Bertz CT molecular complexity index is 877. The molecule has 5 nitrogen and oxygen atoms in total. The SMILES string of the molecule is Cc1c(-c2ccco2)[nH]c2cc3c(cc2c1=O)OCCO3. The molecular formula is C16H13NO4. The predicted octanol–water partition coefficient (Wildman–Crippen LogP) is 2.87. The van der Waals surface area contributed by atoms with Crippen molar-refractivity contribution in [2.24, 2.45) is 0 Å². The molecule has 2 aromatic heterocycles. The van der Waals surface area contributed by atoms with E-state index in [1.54, 1.807) is 31.4 Å². The highest BCUT2D eigenvalue weighted by Gasteiger charge is 2.17. The van der Waals surface area contributed by atoms with Gasteiger partial charge in [0.05, 0.1) is 17.5 Å². The zero-order chi connectivity index (χ0) is 14.4. The Balaban J connectivity index is 2.03. The predicted molar refractivity (Wildman–Crippen MR) is 78.0 cm³/mol. The van der Waals surface area contributed by atoms with Gasteiger partial charge < -0.3 is 18.9 Å². The van der Waals surface area contributed by atoms with Gasteiger partial charge >= 0.3 is 0 Å². The minimum atomic E-state index is -0.0351. The third-order valence-corrected chi connectivity index (χ3v) is 3.67. The molecule has 0 atom stereocenters. The van der Waals surface area contributed by atoms with E-state index in [0.717, 1.165) is 0 Å². The van der Waals surface area contributed by atoms with Crippen LogP contribution in [0.15, 0.2) is 39.7 Å². The molecule has 3 aromatic rings. The number of pyridine rings is 1. The van der Waals surface area contributed by atoms with Crippen LogP contribution in [-0.4, -0.2) is 18.2 Å². The summed E-state index contributed by atoms with van der Waals surface area (Å²) in [6, 6.07) is 7.15. The lowest BCUT2D eigenvalue weighted by atomic mass is 10.1. The molecule has 1 aliphatic heterocycles. The normalized spacial score (nSPS) is 13.6. The minimum Gasteiger partial charge on any atom is -0.486 e. The largest absolute Gasteiger partial charge is 0.486 e. The summed E-state index contributed by atoms with van der Waals surface area (Å²) in [4.78, 5) is 15.8. The lowest BCUT2D eigenvalue weighted by molar-refractivity contribution is 0.172. The van der Waals surface area contributed by atoms with E-state index in [-0.39, 0.29) is 5.43 Å². The van der Waals surface area contributed by atoms with E-state index in [2.05, 4.69) is 4.98 Å². The number of rotatable bonds is 1. The average molecular weight is 283 g/mol. The highest BCUT2D eigenvalue weighted by molar-refractivity contribution is 5.85. The molecule has 5 heteroatoms. The number of aromatic nitrogens is 1. The van der Waals surface area contributed by atoms with Crippen LogP contribution in [0.5, 0.6) is 11.5 Å². The van der Waals surface area contributed by atoms with Gasteiger partial charge in [-0.1, -0.05) is 0 Å². The topological polar surface area (TPSA) is 64.5 Å². The van der Waals surface area contributed by atoms with Crippen LogP contribution in [0.2, 0.25) is 0 Å².